The maximum atomic E-state index is 12.9. The quantitative estimate of drug-likeness (QED) is 0.0430. The Kier molecular flexibility index (Phi) is 12.9. The summed E-state index contributed by atoms with van der Waals surface area (Å²) in [7, 11) is 3.71. The number of benzene rings is 6. The van der Waals surface area contributed by atoms with Crippen LogP contribution in [-0.4, -0.2) is 62.3 Å². The van der Waals surface area contributed by atoms with Gasteiger partial charge < -0.3 is 31.5 Å². The normalized spacial score (nSPS) is 11.5. The lowest BCUT2D eigenvalue weighted by molar-refractivity contribution is 0.0942. The number of rotatable bonds is 16. The van der Waals surface area contributed by atoms with Crippen LogP contribution in [0.15, 0.2) is 130 Å². The molecular formula is C43H44N8O4. The van der Waals surface area contributed by atoms with Crippen molar-refractivity contribution in [3.8, 4) is 11.5 Å². The monoisotopic (exact) mass is 736 g/mol. The standard InChI is InChI=1S/C43H44N8O4/c1-44-21-7-23-46-42(54)36-26-30-9-3-5-11-34(30)38(40(36)52)50-48-32-17-13-28(14-18-32)25-29-15-19-33(20-16-29)49-51-39-35-12-6-4-10-31(35)27-37(41(39)53)43(55)47-24-8-22-45-2/h3-6,9-20,26-27,44-45,52-53H,7-8,21-25H2,1-2H3,(H,46,54)(H,47,55). The first kappa shape index (κ1) is 38.2. The second kappa shape index (κ2) is 18.5. The highest BCUT2D eigenvalue weighted by Crippen LogP contribution is 2.40. The smallest absolute Gasteiger partial charge is 0.255 e. The summed E-state index contributed by atoms with van der Waals surface area (Å²) >= 11 is 0. The van der Waals surface area contributed by atoms with Gasteiger partial charge in [0, 0.05) is 23.9 Å². The van der Waals surface area contributed by atoms with Crippen molar-refractivity contribution in [3.63, 3.8) is 0 Å². The molecule has 0 aliphatic carbocycles. The molecule has 2 amide bonds. The van der Waals surface area contributed by atoms with Crippen LogP contribution in [0.3, 0.4) is 0 Å². The van der Waals surface area contributed by atoms with Crippen LogP contribution in [0.2, 0.25) is 0 Å². The van der Waals surface area contributed by atoms with Crippen LogP contribution in [0, 0.1) is 0 Å². The highest BCUT2D eigenvalue weighted by molar-refractivity contribution is 6.07. The molecule has 12 heteroatoms. The summed E-state index contributed by atoms with van der Waals surface area (Å²) < 4.78 is 0. The fraction of sp³-hybridized carbons (Fsp3) is 0.209. The van der Waals surface area contributed by atoms with E-state index in [2.05, 4.69) is 41.7 Å². The number of nitrogens with one attached hydrogen (secondary N) is 4. The molecule has 0 saturated heterocycles. The topological polar surface area (TPSA) is 172 Å². The molecule has 0 aromatic heterocycles. The van der Waals surface area contributed by atoms with Gasteiger partial charge in [0.1, 0.15) is 11.4 Å². The molecule has 0 aliphatic heterocycles. The van der Waals surface area contributed by atoms with E-state index in [-0.39, 0.29) is 45.8 Å². The largest absolute Gasteiger partial charge is 0.505 e. The lowest BCUT2D eigenvalue weighted by atomic mass is 10.0. The Morgan fingerprint density at radius 2 is 0.927 bits per heavy atom. The molecule has 6 N–H and O–H groups in total. The Labute approximate surface area is 319 Å². The predicted molar refractivity (Wildman–Crippen MR) is 217 cm³/mol. The van der Waals surface area contributed by atoms with Crippen LogP contribution in [0.4, 0.5) is 22.7 Å². The number of aromatic hydroxyl groups is 2. The summed E-state index contributed by atoms with van der Waals surface area (Å²) in [4.78, 5) is 25.9. The van der Waals surface area contributed by atoms with Crippen molar-refractivity contribution in [2.75, 3.05) is 40.3 Å². The Morgan fingerprint density at radius 1 is 0.527 bits per heavy atom. The molecule has 0 heterocycles. The minimum atomic E-state index is -0.369. The molecule has 0 aliphatic rings. The maximum Gasteiger partial charge on any atom is 0.255 e. The van der Waals surface area contributed by atoms with Crippen molar-refractivity contribution < 1.29 is 19.8 Å². The molecule has 6 rings (SSSR count). The molecule has 0 fully saturated rings. The molecule has 0 spiro atoms. The average molecular weight is 737 g/mol. The highest BCUT2D eigenvalue weighted by atomic mass is 16.3. The Morgan fingerprint density at radius 3 is 1.33 bits per heavy atom. The maximum absolute atomic E-state index is 12.9. The first-order chi connectivity index (χ1) is 26.9. The Hall–Kier alpha value is -6.50. The molecule has 0 bridgehead atoms. The van der Waals surface area contributed by atoms with Crippen molar-refractivity contribution in [2.45, 2.75) is 19.3 Å². The van der Waals surface area contributed by atoms with Gasteiger partial charge in [-0.05, 0) is 105 Å². The second-order valence-electron chi connectivity index (χ2n) is 13.0. The molecular weight excluding hydrogens is 693 g/mol. The third kappa shape index (κ3) is 9.55. The molecule has 0 unspecified atom stereocenters. The van der Waals surface area contributed by atoms with Crippen LogP contribution in [0.1, 0.15) is 44.7 Å². The number of hydrogen-bond donors (Lipinski definition) is 6. The zero-order chi connectivity index (χ0) is 38.6. The minimum absolute atomic E-state index is 0.150. The van der Waals surface area contributed by atoms with E-state index < -0.39 is 0 Å². The number of carbonyl (C=O) groups is 2. The van der Waals surface area contributed by atoms with Gasteiger partial charge >= 0.3 is 0 Å². The van der Waals surface area contributed by atoms with Crippen molar-refractivity contribution in [1.82, 2.24) is 21.3 Å². The van der Waals surface area contributed by atoms with Crippen LogP contribution in [0.25, 0.3) is 21.5 Å². The molecule has 55 heavy (non-hydrogen) atoms. The van der Waals surface area contributed by atoms with Crippen molar-refractivity contribution in [1.29, 1.82) is 0 Å². The van der Waals surface area contributed by atoms with Crippen molar-refractivity contribution in [3.05, 3.63) is 131 Å². The number of amides is 2. The van der Waals surface area contributed by atoms with Crippen LogP contribution >= 0.6 is 0 Å². The zero-order valence-electron chi connectivity index (χ0n) is 30.8. The third-order valence-corrected chi connectivity index (χ3v) is 9.07. The minimum Gasteiger partial charge on any atom is -0.505 e. The van der Waals surface area contributed by atoms with E-state index in [4.69, 9.17) is 0 Å². The summed E-state index contributed by atoms with van der Waals surface area (Å²) in [6, 6.07) is 33.5. The SMILES string of the molecule is CNCCCNC(=O)c1cc2ccccc2c(N=Nc2ccc(Cc3ccc(N=Nc4c(O)c(C(=O)NCCCNC)cc5ccccc45)cc3)cc2)c1O. The van der Waals surface area contributed by atoms with E-state index >= 15 is 0 Å². The fourth-order valence-electron chi connectivity index (χ4n) is 6.12. The number of phenols is 2. The van der Waals surface area contributed by atoms with Crippen LogP contribution in [-0.2, 0) is 6.42 Å². The molecule has 280 valence electrons. The van der Waals surface area contributed by atoms with E-state index in [1.165, 1.54) is 0 Å². The summed E-state index contributed by atoms with van der Waals surface area (Å²) in [6.07, 6.45) is 2.18. The van der Waals surface area contributed by atoms with Gasteiger partial charge in [0.2, 0.25) is 0 Å². The van der Waals surface area contributed by atoms with E-state index in [0.29, 0.717) is 41.7 Å². The Balaban J connectivity index is 1.13. The molecule has 6 aromatic carbocycles. The van der Waals surface area contributed by atoms with Gasteiger partial charge in [0.25, 0.3) is 11.8 Å². The molecule has 12 nitrogen and oxygen atoms in total. The van der Waals surface area contributed by atoms with Crippen LogP contribution < -0.4 is 21.3 Å². The van der Waals surface area contributed by atoms with Gasteiger partial charge in [-0.15, -0.1) is 10.2 Å². The number of azo groups is 2. The van der Waals surface area contributed by atoms with E-state index in [9.17, 15) is 19.8 Å². The number of fused-ring (bicyclic) bond motifs is 2. The summed E-state index contributed by atoms with van der Waals surface area (Å²) in [5, 5.41) is 54.6. The van der Waals surface area contributed by atoms with Gasteiger partial charge in [-0.1, -0.05) is 72.8 Å². The molecule has 6 aromatic rings. The van der Waals surface area contributed by atoms with Gasteiger partial charge in [-0.3, -0.25) is 9.59 Å². The predicted octanol–water partition coefficient (Wildman–Crippen LogP) is 8.50. The second-order valence-corrected chi connectivity index (χ2v) is 13.0. The summed E-state index contributed by atoms with van der Waals surface area (Å²) in [6.45, 7) is 2.49. The number of phenolic OH excluding ortho intramolecular Hbond substituents is 2. The average Bonchev–Trinajstić information content (AvgIpc) is 3.21. The van der Waals surface area contributed by atoms with E-state index in [1.54, 1.807) is 12.1 Å². The molecule has 0 atom stereocenters. The van der Waals surface area contributed by atoms with Crippen molar-refractivity contribution in [2.24, 2.45) is 20.5 Å². The van der Waals surface area contributed by atoms with Gasteiger partial charge in [0.05, 0.1) is 22.5 Å². The highest BCUT2D eigenvalue weighted by Gasteiger charge is 2.19. The first-order valence-corrected chi connectivity index (χ1v) is 18.2. The Bertz CT molecular complexity index is 2180. The van der Waals surface area contributed by atoms with Gasteiger partial charge in [0.15, 0.2) is 11.5 Å². The van der Waals surface area contributed by atoms with E-state index in [1.807, 2.05) is 111 Å². The lowest BCUT2D eigenvalue weighted by Crippen LogP contribution is -2.26. The zero-order valence-corrected chi connectivity index (χ0v) is 30.8. The first-order valence-electron chi connectivity index (χ1n) is 18.2. The fourth-order valence-corrected chi connectivity index (χ4v) is 6.12. The lowest BCUT2D eigenvalue weighted by Gasteiger charge is -2.11. The summed E-state index contributed by atoms with van der Waals surface area (Å²) in [5.41, 5.74) is 4.06. The third-order valence-electron chi connectivity index (χ3n) is 9.07. The van der Waals surface area contributed by atoms with E-state index in [0.717, 1.165) is 47.8 Å². The van der Waals surface area contributed by atoms with Gasteiger partial charge in [-0.25, -0.2) is 0 Å². The number of hydrogen-bond acceptors (Lipinski definition) is 10. The number of carbonyl (C=O) groups excluding carboxylic acids is 2. The molecule has 0 saturated carbocycles. The number of nitrogens with zero attached hydrogens (tertiary/aromatic N) is 4. The van der Waals surface area contributed by atoms with Crippen molar-refractivity contribution >= 4 is 56.1 Å². The molecule has 0 radical (unpaired) electrons. The van der Waals surface area contributed by atoms with Gasteiger partial charge in [-0.2, -0.15) is 10.2 Å². The summed E-state index contributed by atoms with van der Waals surface area (Å²) in [5.74, 6) is -1.17. The van der Waals surface area contributed by atoms with Crippen LogP contribution in [0.5, 0.6) is 11.5 Å².